The van der Waals surface area contributed by atoms with E-state index in [-0.39, 0.29) is 17.2 Å². The molecular formula is C11H15NO5. The van der Waals surface area contributed by atoms with Crippen molar-refractivity contribution in [3.05, 3.63) is 17.7 Å². The van der Waals surface area contributed by atoms with Crippen LogP contribution in [0, 0.1) is 0 Å². The van der Waals surface area contributed by atoms with Crippen LogP contribution in [0.2, 0.25) is 0 Å². The SMILES string of the molecule is COC(=O)[C@H](N)c1c(OC)cc(O)cc1OC. The van der Waals surface area contributed by atoms with E-state index in [2.05, 4.69) is 4.74 Å². The number of hydrogen-bond donors (Lipinski definition) is 2. The van der Waals surface area contributed by atoms with E-state index in [0.29, 0.717) is 5.56 Å². The molecule has 0 saturated carbocycles. The lowest BCUT2D eigenvalue weighted by molar-refractivity contribution is -0.142. The number of methoxy groups -OCH3 is 3. The third-order valence-electron chi connectivity index (χ3n) is 2.29. The van der Waals surface area contributed by atoms with Crippen LogP contribution in [0.3, 0.4) is 0 Å². The fourth-order valence-corrected chi connectivity index (χ4v) is 1.48. The van der Waals surface area contributed by atoms with Gasteiger partial charge < -0.3 is 25.1 Å². The second-order valence-corrected chi connectivity index (χ2v) is 3.26. The molecule has 0 aliphatic rings. The molecule has 0 radical (unpaired) electrons. The van der Waals surface area contributed by atoms with Crippen molar-refractivity contribution < 1.29 is 24.1 Å². The van der Waals surface area contributed by atoms with E-state index in [0.717, 1.165) is 0 Å². The maximum absolute atomic E-state index is 11.4. The Kier molecular flexibility index (Phi) is 4.17. The number of benzene rings is 1. The first-order chi connectivity index (χ1) is 8.04. The molecule has 1 rings (SSSR count). The highest BCUT2D eigenvalue weighted by molar-refractivity contribution is 5.80. The van der Waals surface area contributed by atoms with Gasteiger partial charge in [-0.25, -0.2) is 4.79 Å². The normalized spacial score (nSPS) is 11.8. The predicted octanol–water partition coefficient (Wildman–Crippen LogP) is 0.582. The van der Waals surface area contributed by atoms with Crippen molar-refractivity contribution in [3.63, 3.8) is 0 Å². The standard InChI is InChI=1S/C11H15NO5/c1-15-7-4-6(13)5-8(16-2)9(7)10(12)11(14)17-3/h4-5,10,13H,12H2,1-3H3/t10-/m1/s1. The van der Waals surface area contributed by atoms with Crippen molar-refractivity contribution in [2.24, 2.45) is 5.73 Å². The van der Waals surface area contributed by atoms with Gasteiger partial charge in [0.2, 0.25) is 0 Å². The van der Waals surface area contributed by atoms with E-state index in [4.69, 9.17) is 15.2 Å². The summed E-state index contributed by atoms with van der Waals surface area (Å²) in [7, 11) is 4.05. The van der Waals surface area contributed by atoms with Crippen LogP contribution in [0.1, 0.15) is 11.6 Å². The molecule has 0 amide bonds. The van der Waals surface area contributed by atoms with Gasteiger partial charge in [0.25, 0.3) is 0 Å². The number of carbonyl (C=O) groups is 1. The number of aromatic hydroxyl groups is 1. The molecule has 1 aromatic rings. The number of esters is 1. The monoisotopic (exact) mass is 241 g/mol. The zero-order valence-electron chi connectivity index (χ0n) is 9.89. The minimum atomic E-state index is -1.04. The Balaban J connectivity index is 3.33. The van der Waals surface area contributed by atoms with Crippen LogP contribution < -0.4 is 15.2 Å². The number of carbonyl (C=O) groups excluding carboxylic acids is 1. The van der Waals surface area contributed by atoms with Gasteiger partial charge in [-0.15, -0.1) is 0 Å². The summed E-state index contributed by atoms with van der Waals surface area (Å²) in [4.78, 5) is 11.4. The fraction of sp³-hybridized carbons (Fsp3) is 0.364. The average Bonchev–Trinajstić information content (AvgIpc) is 2.35. The van der Waals surface area contributed by atoms with Gasteiger partial charge in [-0.05, 0) is 0 Å². The molecule has 0 bridgehead atoms. The molecule has 6 nitrogen and oxygen atoms in total. The minimum absolute atomic E-state index is 0.0421. The quantitative estimate of drug-likeness (QED) is 0.749. The van der Waals surface area contributed by atoms with Gasteiger partial charge in [-0.2, -0.15) is 0 Å². The Morgan fingerprint density at radius 2 is 1.71 bits per heavy atom. The van der Waals surface area contributed by atoms with Gasteiger partial charge >= 0.3 is 5.97 Å². The summed E-state index contributed by atoms with van der Waals surface area (Å²) in [6.45, 7) is 0. The molecule has 0 aromatic heterocycles. The largest absolute Gasteiger partial charge is 0.508 e. The van der Waals surface area contributed by atoms with E-state index in [1.165, 1.54) is 33.5 Å². The van der Waals surface area contributed by atoms with E-state index in [1.54, 1.807) is 0 Å². The van der Waals surface area contributed by atoms with E-state index in [1.807, 2.05) is 0 Å². The summed E-state index contributed by atoms with van der Waals surface area (Å²) in [6, 6.07) is 1.66. The molecule has 0 fully saturated rings. The molecule has 0 heterocycles. The summed E-state index contributed by atoms with van der Waals surface area (Å²) in [5, 5.41) is 9.44. The molecule has 0 aliphatic carbocycles. The number of phenolic OH excluding ortho intramolecular Hbond substituents is 1. The third kappa shape index (κ3) is 2.59. The van der Waals surface area contributed by atoms with Gasteiger partial charge in [-0.3, -0.25) is 0 Å². The highest BCUT2D eigenvalue weighted by atomic mass is 16.5. The van der Waals surface area contributed by atoms with Crippen LogP contribution in [-0.4, -0.2) is 32.4 Å². The smallest absolute Gasteiger partial charge is 0.327 e. The van der Waals surface area contributed by atoms with E-state index < -0.39 is 12.0 Å². The maximum Gasteiger partial charge on any atom is 0.327 e. The van der Waals surface area contributed by atoms with Crippen molar-refractivity contribution in [2.45, 2.75) is 6.04 Å². The first-order valence-electron chi connectivity index (χ1n) is 4.83. The first-order valence-corrected chi connectivity index (χ1v) is 4.83. The van der Waals surface area contributed by atoms with Crippen LogP contribution in [0.25, 0.3) is 0 Å². The minimum Gasteiger partial charge on any atom is -0.508 e. The second kappa shape index (κ2) is 5.40. The Morgan fingerprint density at radius 1 is 1.24 bits per heavy atom. The lowest BCUT2D eigenvalue weighted by atomic mass is 10.0. The Hall–Kier alpha value is -1.95. The topological polar surface area (TPSA) is 91.0 Å². The molecule has 17 heavy (non-hydrogen) atoms. The van der Waals surface area contributed by atoms with Crippen LogP contribution in [0.5, 0.6) is 17.2 Å². The van der Waals surface area contributed by atoms with Crippen molar-refractivity contribution >= 4 is 5.97 Å². The number of ether oxygens (including phenoxy) is 3. The van der Waals surface area contributed by atoms with Crippen LogP contribution in [-0.2, 0) is 9.53 Å². The number of hydrogen-bond acceptors (Lipinski definition) is 6. The Morgan fingerprint density at radius 3 is 2.06 bits per heavy atom. The van der Waals surface area contributed by atoms with Gasteiger partial charge in [0, 0.05) is 12.1 Å². The highest BCUT2D eigenvalue weighted by Crippen LogP contribution is 2.37. The fourth-order valence-electron chi connectivity index (χ4n) is 1.48. The lowest BCUT2D eigenvalue weighted by Crippen LogP contribution is -2.23. The lowest BCUT2D eigenvalue weighted by Gasteiger charge is -2.17. The summed E-state index contributed by atoms with van der Waals surface area (Å²) in [5.74, 6) is -0.133. The van der Waals surface area contributed by atoms with Crippen molar-refractivity contribution in [1.82, 2.24) is 0 Å². The molecule has 1 atom stereocenters. The molecule has 1 aromatic carbocycles. The van der Waals surface area contributed by atoms with Gasteiger partial charge in [0.15, 0.2) is 0 Å². The second-order valence-electron chi connectivity index (χ2n) is 3.26. The van der Waals surface area contributed by atoms with Crippen LogP contribution in [0.4, 0.5) is 0 Å². The molecule has 6 heteroatoms. The van der Waals surface area contributed by atoms with Crippen molar-refractivity contribution in [1.29, 1.82) is 0 Å². The third-order valence-corrected chi connectivity index (χ3v) is 2.29. The number of phenols is 1. The molecular weight excluding hydrogens is 226 g/mol. The van der Waals surface area contributed by atoms with E-state index >= 15 is 0 Å². The molecule has 0 unspecified atom stereocenters. The summed E-state index contributed by atoms with van der Waals surface area (Å²) in [5.41, 5.74) is 6.07. The summed E-state index contributed by atoms with van der Waals surface area (Å²) >= 11 is 0. The zero-order valence-corrected chi connectivity index (χ0v) is 9.89. The van der Waals surface area contributed by atoms with Crippen molar-refractivity contribution in [3.8, 4) is 17.2 Å². The summed E-state index contributed by atoms with van der Waals surface area (Å²) < 4.78 is 14.7. The van der Waals surface area contributed by atoms with E-state index in [9.17, 15) is 9.90 Å². The number of nitrogens with two attached hydrogens (primary N) is 1. The van der Waals surface area contributed by atoms with Gasteiger partial charge in [-0.1, -0.05) is 0 Å². The first kappa shape index (κ1) is 13.1. The molecule has 0 saturated heterocycles. The van der Waals surface area contributed by atoms with Crippen molar-refractivity contribution in [2.75, 3.05) is 21.3 Å². The number of rotatable bonds is 4. The predicted molar refractivity (Wildman–Crippen MR) is 60.2 cm³/mol. The molecule has 94 valence electrons. The molecule has 3 N–H and O–H groups in total. The maximum atomic E-state index is 11.4. The Labute approximate surface area is 98.9 Å². The van der Waals surface area contributed by atoms with Crippen LogP contribution >= 0.6 is 0 Å². The average molecular weight is 241 g/mol. The highest BCUT2D eigenvalue weighted by Gasteiger charge is 2.25. The van der Waals surface area contributed by atoms with Crippen LogP contribution in [0.15, 0.2) is 12.1 Å². The molecule has 0 aliphatic heterocycles. The zero-order chi connectivity index (χ0) is 13.0. The van der Waals surface area contributed by atoms with Gasteiger partial charge in [0.1, 0.15) is 23.3 Å². The summed E-state index contributed by atoms with van der Waals surface area (Å²) in [6.07, 6.45) is 0. The van der Waals surface area contributed by atoms with Gasteiger partial charge in [0.05, 0.1) is 26.9 Å². The molecule has 0 spiro atoms. The Bertz CT molecular complexity index is 393.